The van der Waals surface area contributed by atoms with Gasteiger partial charge in [0.1, 0.15) is 11.5 Å². The number of anilines is 2. The minimum Gasteiger partial charge on any atom is -0.393 e. The highest BCUT2D eigenvalue weighted by atomic mass is 19.1. The average molecular weight is 526 g/mol. The molecule has 0 aliphatic carbocycles. The molecule has 200 valence electrons. The summed E-state index contributed by atoms with van der Waals surface area (Å²) in [5.74, 6) is -0.968. The number of nitrogens with zero attached hydrogens (tertiary/aromatic N) is 2. The number of aryl methyl sites for hydroxylation is 1. The van der Waals surface area contributed by atoms with Gasteiger partial charge in [0.15, 0.2) is 5.67 Å². The summed E-state index contributed by atoms with van der Waals surface area (Å²) >= 11 is 0. The van der Waals surface area contributed by atoms with Crippen molar-refractivity contribution in [1.82, 2.24) is 4.98 Å². The lowest BCUT2D eigenvalue weighted by atomic mass is 9.82. The number of aliphatic hydroxyl groups excluding tert-OH is 1. The number of benzene rings is 2. The molecule has 2 aromatic carbocycles. The van der Waals surface area contributed by atoms with Crippen LogP contribution in [0.3, 0.4) is 0 Å². The first-order valence-electron chi connectivity index (χ1n) is 12.5. The topological polar surface area (TPSA) is 74.7 Å². The van der Waals surface area contributed by atoms with Crippen molar-refractivity contribution < 1.29 is 27.8 Å². The van der Waals surface area contributed by atoms with Gasteiger partial charge >= 0.3 is 0 Å². The van der Waals surface area contributed by atoms with E-state index in [1.165, 1.54) is 38.2 Å². The fourth-order valence-corrected chi connectivity index (χ4v) is 5.22. The zero-order chi connectivity index (χ0) is 27.2. The van der Waals surface area contributed by atoms with E-state index in [4.69, 9.17) is 4.74 Å². The van der Waals surface area contributed by atoms with Crippen molar-refractivity contribution in [3.8, 4) is 11.1 Å². The number of rotatable bonds is 5. The van der Waals surface area contributed by atoms with E-state index in [1.807, 2.05) is 11.8 Å². The molecule has 0 saturated carbocycles. The molecule has 5 rings (SSSR count). The van der Waals surface area contributed by atoms with E-state index in [0.717, 1.165) is 5.56 Å². The zero-order valence-corrected chi connectivity index (χ0v) is 21.5. The highest BCUT2D eigenvalue weighted by Crippen LogP contribution is 2.43. The van der Waals surface area contributed by atoms with Gasteiger partial charge in [-0.2, -0.15) is 0 Å². The van der Waals surface area contributed by atoms with Crippen molar-refractivity contribution in [3.05, 3.63) is 76.9 Å². The van der Waals surface area contributed by atoms with Gasteiger partial charge in [0.2, 0.25) is 0 Å². The molecule has 2 N–H and O–H groups in total. The maximum Gasteiger partial charge on any atom is 0.255 e. The lowest BCUT2D eigenvalue weighted by molar-refractivity contribution is -0.0173. The van der Waals surface area contributed by atoms with Gasteiger partial charge < -0.3 is 20.1 Å². The molecule has 2 aliphatic heterocycles. The minimum absolute atomic E-state index is 0.112. The van der Waals surface area contributed by atoms with Crippen molar-refractivity contribution in [1.29, 1.82) is 0 Å². The van der Waals surface area contributed by atoms with Crippen LogP contribution in [0.1, 0.15) is 41.0 Å². The molecule has 1 amide bonds. The van der Waals surface area contributed by atoms with Crippen molar-refractivity contribution in [3.63, 3.8) is 0 Å². The van der Waals surface area contributed by atoms with Gasteiger partial charge in [-0.25, -0.2) is 13.2 Å². The van der Waals surface area contributed by atoms with E-state index in [2.05, 4.69) is 10.3 Å². The van der Waals surface area contributed by atoms with Gasteiger partial charge in [0.25, 0.3) is 5.91 Å². The van der Waals surface area contributed by atoms with Gasteiger partial charge in [-0.15, -0.1) is 0 Å². The Labute approximate surface area is 219 Å². The Bertz CT molecular complexity index is 1390. The third-order valence-electron chi connectivity index (χ3n) is 7.37. The second-order valence-corrected chi connectivity index (χ2v) is 10.5. The Morgan fingerprint density at radius 2 is 2.03 bits per heavy atom. The predicted molar refractivity (Wildman–Crippen MR) is 139 cm³/mol. The van der Waals surface area contributed by atoms with Gasteiger partial charge in [-0.1, -0.05) is 6.07 Å². The first-order valence-corrected chi connectivity index (χ1v) is 12.5. The number of nitrogens with one attached hydrogen (secondary N) is 1. The number of hydrogen-bond donors (Lipinski definition) is 2. The number of pyridine rings is 1. The Balaban J connectivity index is 1.49. The normalized spacial score (nSPS) is 21.0. The van der Waals surface area contributed by atoms with E-state index in [0.29, 0.717) is 41.2 Å². The Hall–Kier alpha value is -3.43. The summed E-state index contributed by atoms with van der Waals surface area (Å²) in [6.45, 7) is 4.87. The third kappa shape index (κ3) is 4.76. The van der Waals surface area contributed by atoms with Crippen LogP contribution in [-0.4, -0.2) is 54.1 Å². The number of aliphatic hydroxyl groups is 1. The number of carbonyl (C=O) groups excluding carboxylic acids is 1. The van der Waals surface area contributed by atoms with Gasteiger partial charge in [-0.3, -0.25) is 9.78 Å². The number of halogens is 3. The number of aromatic nitrogens is 1. The van der Waals surface area contributed by atoms with Crippen LogP contribution in [-0.2, 0) is 16.8 Å². The molecule has 0 spiro atoms. The van der Waals surface area contributed by atoms with Crippen LogP contribution in [0, 0.1) is 12.7 Å². The third-order valence-corrected chi connectivity index (χ3v) is 7.37. The molecule has 1 saturated heterocycles. The van der Waals surface area contributed by atoms with Crippen LogP contribution < -0.4 is 10.2 Å². The summed E-state index contributed by atoms with van der Waals surface area (Å²) in [6, 6.07) is 10.5. The highest BCUT2D eigenvalue weighted by Gasteiger charge is 2.48. The molecule has 2 atom stereocenters. The molecule has 2 aliphatic rings. The molecule has 0 radical (unpaired) electrons. The molecule has 6 nitrogen and oxygen atoms in total. The number of hydrogen-bond acceptors (Lipinski definition) is 5. The quantitative estimate of drug-likeness (QED) is 0.484. The molecule has 38 heavy (non-hydrogen) atoms. The van der Waals surface area contributed by atoms with Crippen molar-refractivity contribution in [2.75, 3.05) is 36.6 Å². The molecule has 1 aromatic heterocycles. The standard InChI is InChI=1S/C29H30F3N3O3/c1-17-4-5-20(34-27(37)18-6-7-33-25(11-18)28(2,3)31)12-21(17)22-13-24-19(10-23(22)30)14-29(32,16-36)26-15-38-9-8-35(24)26/h4-7,10-13,26,36H,8-9,14-16H2,1-3H3,(H,34,37)/t26-,29+/m0/s1. The second kappa shape index (κ2) is 9.71. The lowest BCUT2D eigenvalue weighted by Crippen LogP contribution is -2.62. The number of amides is 1. The van der Waals surface area contributed by atoms with Gasteiger partial charge in [0.05, 0.1) is 31.6 Å². The van der Waals surface area contributed by atoms with Gasteiger partial charge in [0, 0.05) is 41.7 Å². The summed E-state index contributed by atoms with van der Waals surface area (Å²) in [5, 5.41) is 12.6. The second-order valence-electron chi connectivity index (χ2n) is 10.5. The summed E-state index contributed by atoms with van der Waals surface area (Å²) in [4.78, 5) is 18.8. The SMILES string of the molecule is Cc1ccc(NC(=O)c2ccnc(C(C)(C)F)c2)cc1-c1cc2c(cc1F)C[C@@](F)(CO)[C@@H]1COCCN21. The molecule has 3 heterocycles. The van der Waals surface area contributed by atoms with Crippen LogP contribution >= 0.6 is 0 Å². The van der Waals surface area contributed by atoms with Crippen molar-refractivity contribution in [2.24, 2.45) is 0 Å². The number of alkyl halides is 2. The van der Waals surface area contributed by atoms with Crippen LogP contribution in [0.2, 0.25) is 0 Å². The summed E-state index contributed by atoms with van der Waals surface area (Å²) in [7, 11) is 0. The number of carbonyl (C=O) groups is 1. The fourth-order valence-electron chi connectivity index (χ4n) is 5.22. The van der Waals surface area contributed by atoms with Crippen molar-refractivity contribution in [2.45, 2.75) is 44.6 Å². The first kappa shape index (κ1) is 26.2. The summed E-state index contributed by atoms with van der Waals surface area (Å²) in [5.41, 5.74) is 0.105. The van der Waals surface area contributed by atoms with Crippen molar-refractivity contribution >= 4 is 17.3 Å². The molecule has 9 heteroatoms. The zero-order valence-electron chi connectivity index (χ0n) is 21.5. The number of fused-ring (bicyclic) bond motifs is 3. The van der Waals surface area contributed by atoms with E-state index in [9.17, 15) is 14.3 Å². The van der Waals surface area contributed by atoms with E-state index in [1.54, 1.807) is 24.3 Å². The molecule has 3 aromatic rings. The van der Waals surface area contributed by atoms with Crippen LogP contribution in [0.15, 0.2) is 48.7 Å². The fraction of sp³-hybridized carbons (Fsp3) is 0.379. The first-order chi connectivity index (χ1) is 18.0. The molecule has 0 unspecified atom stereocenters. The maximum atomic E-state index is 15.6. The minimum atomic E-state index is -1.92. The number of ether oxygens (including phenoxy) is 1. The molecule has 0 bridgehead atoms. The van der Waals surface area contributed by atoms with E-state index in [-0.39, 0.29) is 24.3 Å². The van der Waals surface area contributed by atoms with Crippen LogP contribution in [0.4, 0.5) is 24.5 Å². The Kier molecular flexibility index (Phi) is 6.69. The molecular weight excluding hydrogens is 495 g/mol. The maximum absolute atomic E-state index is 15.6. The highest BCUT2D eigenvalue weighted by molar-refractivity contribution is 6.04. The van der Waals surface area contributed by atoms with Crippen LogP contribution in [0.5, 0.6) is 0 Å². The average Bonchev–Trinajstić information content (AvgIpc) is 2.89. The van der Waals surface area contributed by atoms with E-state index >= 15 is 8.78 Å². The van der Waals surface area contributed by atoms with Gasteiger partial charge in [-0.05, 0) is 73.9 Å². The smallest absolute Gasteiger partial charge is 0.255 e. The predicted octanol–water partition coefficient (Wildman–Crippen LogP) is 5.11. The Morgan fingerprint density at radius 1 is 1.24 bits per heavy atom. The largest absolute Gasteiger partial charge is 0.393 e. The monoisotopic (exact) mass is 525 g/mol. The molecule has 1 fully saturated rings. The van der Waals surface area contributed by atoms with E-state index < -0.39 is 35.7 Å². The summed E-state index contributed by atoms with van der Waals surface area (Å²) in [6.07, 6.45) is 1.27. The summed E-state index contributed by atoms with van der Waals surface area (Å²) < 4.78 is 50.9. The van der Waals surface area contributed by atoms with Crippen LogP contribution in [0.25, 0.3) is 11.1 Å². The Morgan fingerprint density at radius 3 is 2.76 bits per heavy atom. The lowest BCUT2D eigenvalue weighted by Gasteiger charge is -2.48. The number of morpholine rings is 1. The molecular formula is C29H30F3N3O3.